The summed E-state index contributed by atoms with van der Waals surface area (Å²) in [6.07, 6.45) is 3.71. The van der Waals surface area contributed by atoms with Crippen molar-refractivity contribution in [2.24, 2.45) is 10.9 Å². The number of halogens is 1. The monoisotopic (exact) mass is 528 g/mol. The molecule has 1 aliphatic rings. The average molecular weight is 528 g/mol. The maximum atomic E-state index is 5.74. The first-order chi connectivity index (χ1) is 14.2. The Morgan fingerprint density at radius 3 is 2.83 bits per heavy atom. The molecule has 7 nitrogen and oxygen atoms in total. The summed E-state index contributed by atoms with van der Waals surface area (Å²) in [6.45, 7) is 9.43. The lowest BCUT2D eigenvalue weighted by molar-refractivity contribution is 0.0888. The Balaban J connectivity index is 0.00000320. The van der Waals surface area contributed by atoms with Crippen LogP contribution in [-0.2, 0) is 16.0 Å². The molecule has 0 radical (unpaired) electrons. The third kappa shape index (κ3) is 8.23. The molecule has 3 rings (SSSR count). The fourth-order valence-corrected chi connectivity index (χ4v) is 3.06. The number of aryl methyl sites for hydroxylation is 1. The molecule has 1 fully saturated rings. The lowest BCUT2D eigenvalue weighted by Crippen LogP contribution is -2.38. The summed E-state index contributed by atoms with van der Waals surface area (Å²) in [5.41, 5.74) is 2.99. The summed E-state index contributed by atoms with van der Waals surface area (Å²) in [6, 6.07) is 8.13. The standard InChI is InChI=1S/C22H32N4O3.HI/c1-3-23-22(24-10-4-11-27-14-18-9-12-28-15-18)25-13-20-16-29-21(26-20)19-7-5-17(2)6-8-19;/h5-8,16,18H,3-4,9-15H2,1-2H3,(H2,23,24,25);1H. The van der Waals surface area contributed by atoms with E-state index in [4.69, 9.17) is 13.9 Å². The first kappa shape index (κ1) is 24.6. The highest BCUT2D eigenvalue weighted by Gasteiger charge is 2.15. The fraction of sp³-hybridized carbons (Fsp3) is 0.545. The molecule has 0 spiro atoms. The molecule has 30 heavy (non-hydrogen) atoms. The third-order valence-electron chi connectivity index (χ3n) is 4.73. The van der Waals surface area contributed by atoms with Gasteiger partial charge in [-0.3, -0.25) is 0 Å². The molecule has 1 aromatic heterocycles. The van der Waals surface area contributed by atoms with Gasteiger partial charge in [0.05, 0.1) is 19.8 Å². The minimum absolute atomic E-state index is 0. The zero-order valence-electron chi connectivity index (χ0n) is 17.9. The highest BCUT2D eigenvalue weighted by molar-refractivity contribution is 14.0. The second-order valence-corrected chi connectivity index (χ2v) is 7.29. The van der Waals surface area contributed by atoms with E-state index in [1.807, 2.05) is 12.1 Å². The van der Waals surface area contributed by atoms with Crippen LogP contribution >= 0.6 is 24.0 Å². The minimum atomic E-state index is 0. The average Bonchev–Trinajstić information content (AvgIpc) is 3.41. The topological polar surface area (TPSA) is 80.9 Å². The highest BCUT2D eigenvalue weighted by atomic mass is 127. The van der Waals surface area contributed by atoms with E-state index in [0.717, 1.165) is 69.6 Å². The van der Waals surface area contributed by atoms with Crippen molar-refractivity contribution in [2.75, 3.05) is 39.5 Å². The van der Waals surface area contributed by atoms with Crippen molar-refractivity contribution >= 4 is 29.9 Å². The molecular weight excluding hydrogens is 495 g/mol. The van der Waals surface area contributed by atoms with Gasteiger partial charge in [-0.1, -0.05) is 17.7 Å². The molecule has 2 aromatic rings. The molecule has 1 aliphatic heterocycles. The maximum absolute atomic E-state index is 5.74. The van der Waals surface area contributed by atoms with Crippen LogP contribution < -0.4 is 10.6 Å². The Kier molecular flexibility index (Phi) is 11.2. The summed E-state index contributed by atoms with van der Waals surface area (Å²) in [7, 11) is 0. The van der Waals surface area contributed by atoms with Gasteiger partial charge in [-0.25, -0.2) is 9.98 Å². The number of ether oxygens (including phenoxy) is 2. The highest BCUT2D eigenvalue weighted by Crippen LogP contribution is 2.19. The van der Waals surface area contributed by atoms with E-state index in [-0.39, 0.29) is 24.0 Å². The molecule has 0 amide bonds. The van der Waals surface area contributed by atoms with Crippen molar-refractivity contribution in [3.63, 3.8) is 0 Å². The predicted molar refractivity (Wildman–Crippen MR) is 129 cm³/mol. The molecule has 2 N–H and O–H groups in total. The first-order valence-corrected chi connectivity index (χ1v) is 10.4. The Labute approximate surface area is 196 Å². The van der Waals surface area contributed by atoms with Crippen LogP contribution in [0.1, 0.15) is 31.0 Å². The smallest absolute Gasteiger partial charge is 0.226 e. The summed E-state index contributed by atoms with van der Waals surface area (Å²) in [4.78, 5) is 9.14. The molecule has 8 heteroatoms. The van der Waals surface area contributed by atoms with Gasteiger partial charge in [0.2, 0.25) is 5.89 Å². The molecule has 0 bridgehead atoms. The van der Waals surface area contributed by atoms with E-state index in [0.29, 0.717) is 18.4 Å². The van der Waals surface area contributed by atoms with Crippen molar-refractivity contribution in [2.45, 2.75) is 33.2 Å². The van der Waals surface area contributed by atoms with Gasteiger partial charge in [-0.15, -0.1) is 24.0 Å². The van der Waals surface area contributed by atoms with Crippen LogP contribution in [0.2, 0.25) is 0 Å². The summed E-state index contributed by atoms with van der Waals surface area (Å²) >= 11 is 0. The van der Waals surface area contributed by atoms with Gasteiger partial charge in [0, 0.05) is 37.8 Å². The van der Waals surface area contributed by atoms with E-state index in [1.54, 1.807) is 6.26 Å². The number of hydrogen-bond acceptors (Lipinski definition) is 5. The van der Waals surface area contributed by atoms with Crippen molar-refractivity contribution in [1.82, 2.24) is 15.6 Å². The zero-order chi connectivity index (χ0) is 20.3. The normalized spacial score (nSPS) is 16.3. The van der Waals surface area contributed by atoms with Gasteiger partial charge in [-0.2, -0.15) is 0 Å². The van der Waals surface area contributed by atoms with Crippen LogP contribution in [-0.4, -0.2) is 50.5 Å². The van der Waals surface area contributed by atoms with Crippen LogP contribution in [0.15, 0.2) is 39.9 Å². The molecule has 1 aromatic carbocycles. The first-order valence-electron chi connectivity index (χ1n) is 10.4. The van der Waals surface area contributed by atoms with Crippen molar-refractivity contribution in [3.8, 4) is 11.5 Å². The van der Waals surface area contributed by atoms with Gasteiger partial charge in [-0.05, 0) is 38.8 Å². The zero-order valence-corrected chi connectivity index (χ0v) is 20.2. The molecule has 166 valence electrons. The third-order valence-corrected chi connectivity index (χ3v) is 4.73. The minimum Gasteiger partial charge on any atom is -0.444 e. The number of benzene rings is 1. The number of guanidine groups is 1. The summed E-state index contributed by atoms with van der Waals surface area (Å²) in [5, 5.41) is 6.60. The van der Waals surface area contributed by atoms with Crippen molar-refractivity contribution < 1.29 is 13.9 Å². The van der Waals surface area contributed by atoms with Gasteiger partial charge in [0.1, 0.15) is 12.0 Å². The molecule has 1 unspecified atom stereocenters. The van der Waals surface area contributed by atoms with Crippen LogP contribution in [0.5, 0.6) is 0 Å². The second-order valence-electron chi connectivity index (χ2n) is 7.29. The van der Waals surface area contributed by atoms with E-state index in [1.165, 1.54) is 5.56 Å². The van der Waals surface area contributed by atoms with Crippen LogP contribution in [0.4, 0.5) is 0 Å². The van der Waals surface area contributed by atoms with E-state index in [2.05, 4.69) is 46.6 Å². The quantitative estimate of drug-likeness (QED) is 0.212. The van der Waals surface area contributed by atoms with Crippen LogP contribution in [0.25, 0.3) is 11.5 Å². The summed E-state index contributed by atoms with van der Waals surface area (Å²) < 4.78 is 16.7. The lowest BCUT2D eigenvalue weighted by Gasteiger charge is -2.12. The molecule has 1 saturated heterocycles. The Morgan fingerprint density at radius 1 is 1.27 bits per heavy atom. The molecule has 0 aliphatic carbocycles. The maximum Gasteiger partial charge on any atom is 0.226 e. The SMILES string of the molecule is CCNC(=NCc1coc(-c2ccc(C)cc2)n1)NCCCOCC1CCOC1.I. The van der Waals surface area contributed by atoms with E-state index >= 15 is 0 Å². The number of nitrogens with zero attached hydrogens (tertiary/aromatic N) is 2. The number of rotatable bonds is 10. The Morgan fingerprint density at radius 2 is 2.10 bits per heavy atom. The largest absolute Gasteiger partial charge is 0.444 e. The summed E-state index contributed by atoms with van der Waals surface area (Å²) in [5.74, 6) is 1.96. The Hall–Kier alpha value is -1.65. The number of aromatic nitrogens is 1. The number of aliphatic imine (C=N–C) groups is 1. The lowest BCUT2D eigenvalue weighted by atomic mass is 10.1. The molecule has 2 heterocycles. The molecular formula is C22H33IN4O3. The molecule has 0 saturated carbocycles. The van der Waals surface area contributed by atoms with Gasteiger partial charge in [0.25, 0.3) is 0 Å². The Bertz CT molecular complexity index is 758. The van der Waals surface area contributed by atoms with Crippen molar-refractivity contribution in [1.29, 1.82) is 0 Å². The van der Waals surface area contributed by atoms with Crippen LogP contribution in [0.3, 0.4) is 0 Å². The van der Waals surface area contributed by atoms with Crippen molar-refractivity contribution in [3.05, 3.63) is 41.8 Å². The fourth-order valence-electron chi connectivity index (χ4n) is 3.06. The van der Waals surface area contributed by atoms with E-state index in [9.17, 15) is 0 Å². The van der Waals surface area contributed by atoms with Gasteiger partial charge >= 0.3 is 0 Å². The predicted octanol–water partition coefficient (Wildman–Crippen LogP) is 3.77. The molecule has 1 atom stereocenters. The van der Waals surface area contributed by atoms with E-state index < -0.39 is 0 Å². The number of oxazole rings is 1. The van der Waals surface area contributed by atoms with Gasteiger partial charge < -0.3 is 24.5 Å². The number of hydrogen-bond donors (Lipinski definition) is 2. The number of nitrogens with one attached hydrogen (secondary N) is 2. The van der Waals surface area contributed by atoms with Gasteiger partial charge in [0.15, 0.2) is 5.96 Å². The van der Waals surface area contributed by atoms with Crippen LogP contribution in [0, 0.1) is 12.8 Å². The second kappa shape index (κ2) is 13.6.